The number of rotatable bonds is 4. The van der Waals surface area contributed by atoms with E-state index in [-0.39, 0.29) is 17.4 Å². The van der Waals surface area contributed by atoms with Crippen molar-refractivity contribution in [3.8, 4) is 5.69 Å². The van der Waals surface area contributed by atoms with Crippen LogP contribution < -0.4 is 0 Å². The van der Waals surface area contributed by atoms with Gasteiger partial charge in [0.25, 0.3) is 0 Å². The molecule has 0 unspecified atom stereocenters. The second-order valence-electron chi connectivity index (χ2n) is 4.13. The lowest BCUT2D eigenvalue weighted by Gasteiger charge is -2.04. The van der Waals surface area contributed by atoms with Crippen LogP contribution in [-0.4, -0.2) is 14.9 Å². The Morgan fingerprint density at radius 2 is 2.11 bits per heavy atom. The van der Waals surface area contributed by atoms with Crippen LogP contribution in [0.1, 0.15) is 24.6 Å². The lowest BCUT2D eigenvalue weighted by atomic mass is 10.2. The van der Waals surface area contributed by atoms with Crippen molar-refractivity contribution < 1.29 is 13.9 Å². The number of aliphatic hydroxyl groups excluding tert-OH is 1. The Morgan fingerprint density at radius 1 is 1.37 bits per heavy atom. The molecule has 0 saturated carbocycles. The molecule has 1 aromatic carbocycles. The third-order valence-corrected chi connectivity index (χ3v) is 3.18. The average Bonchev–Trinajstić information content (AvgIpc) is 2.66. The summed E-state index contributed by atoms with van der Waals surface area (Å²) in [7, 11) is 0. The van der Waals surface area contributed by atoms with Gasteiger partial charge < -0.3 is 5.11 Å². The predicted molar refractivity (Wildman–Crippen MR) is 68.4 cm³/mol. The van der Waals surface area contributed by atoms with E-state index in [0.717, 1.165) is 18.6 Å². The van der Waals surface area contributed by atoms with Crippen LogP contribution in [0.3, 0.4) is 0 Å². The maximum Gasteiger partial charge on any atom is 0.151 e. The molecule has 3 nitrogen and oxygen atoms in total. The van der Waals surface area contributed by atoms with E-state index in [0.29, 0.717) is 17.7 Å². The third-order valence-electron chi connectivity index (χ3n) is 2.79. The van der Waals surface area contributed by atoms with Gasteiger partial charge in [0.2, 0.25) is 0 Å². The van der Waals surface area contributed by atoms with Crippen molar-refractivity contribution in [1.82, 2.24) is 9.78 Å². The molecule has 0 aliphatic carbocycles. The van der Waals surface area contributed by atoms with Gasteiger partial charge in [0.1, 0.15) is 16.7 Å². The number of benzene rings is 1. The average molecular weight is 287 g/mol. The maximum absolute atomic E-state index is 13.7. The second kappa shape index (κ2) is 5.67. The van der Waals surface area contributed by atoms with Gasteiger partial charge in [-0.1, -0.05) is 24.9 Å². The van der Waals surface area contributed by atoms with Crippen molar-refractivity contribution in [3.05, 3.63) is 46.2 Å². The molecule has 1 heterocycles. The summed E-state index contributed by atoms with van der Waals surface area (Å²) in [5, 5.41) is 13.7. The topological polar surface area (TPSA) is 38.0 Å². The first-order valence-electron chi connectivity index (χ1n) is 5.91. The van der Waals surface area contributed by atoms with Crippen LogP contribution in [0, 0.1) is 11.6 Å². The van der Waals surface area contributed by atoms with Crippen molar-refractivity contribution >= 4 is 11.6 Å². The van der Waals surface area contributed by atoms with Crippen LogP contribution in [0.5, 0.6) is 0 Å². The van der Waals surface area contributed by atoms with Crippen molar-refractivity contribution in [3.63, 3.8) is 0 Å². The van der Waals surface area contributed by atoms with Gasteiger partial charge in [0, 0.05) is 11.6 Å². The van der Waals surface area contributed by atoms with Crippen molar-refractivity contribution in [2.75, 3.05) is 0 Å². The molecule has 0 atom stereocenters. The first-order valence-corrected chi connectivity index (χ1v) is 6.28. The van der Waals surface area contributed by atoms with Crippen molar-refractivity contribution in [2.45, 2.75) is 26.4 Å². The summed E-state index contributed by atoms with van der Waals surface area (Å²) in [5.41, 5.74) is 1.16. The van der Waals surface area contributed by atoms with Gasteiger partial charge in [0.15, 0.2) is 5.82 Å². The summed E-state index contributed by atoms with van der Waals surface area (Å²) < 4.78 is 27.8. The van der Waals surface area contributed by atoms with E-state index in [4.69, 9.17) is 11.6 Å². The number of aryl methyl sites for hydroxylation is 1. The molecule has 0 aliphatic rings. The number of nitrogens with zero attached hydrogens (tertiary/aromatic N) is 2. The molecule has 0 spiro atoms. The summed E-state index contributed by atoms with van der Waals surface area (Å²) >= 11 is 6.09. The van der Waals surface area contributed by atoms with Gasteiger partial charge >= 0.3 is 0 Å². The van der Waals surface area contributed by atoms with Crippen LogP contribution in [0.15, 0.2) is 18.2 Å². The molecule has 0 saturated heterocycles. The Bertz CT molecular complexity index is 599. The molecule has 0 radical (unpaired) electrons. The number of halogens is 3. The van der Waals surface area contributed by atoms with Crippen LogP contribution in [0.4, 0.5) is 8.78 Å². The highest BCUT2D eigenvalue weighted by atomic mass is 35.5. The molecule has 19 heavy (non-hydrogen) atoms. The summed E-state index contributed by atoms with van der Waals surface area (Å²) in [6.07, 6.45) is 1.46. The number of aliphatic hydroxyl groups is 1. The standard InChI is InChI=1S/C13H13ClF2N2O/c1-2-3-11-9(7-19)13(14)18(17-11)12-5-4-8(15)6-10(12)16/h4-6,19H,2-3,7H2,1H3. The lowest BCUT2D eigenvalue weighted by molar-refractivity contribution is 0.280. The molecule has 1 N–H and O–H groups in total. The molecule has 0 amide bonds. The largest absolute Gasteiger partial charge is 0.391 e. The van der Waals surface area contributed by atoms with E-state index < -0.39 is 11.6 Å². The van der Waals surface area contributed by atoms with Gasteiger partial charge in [0.05, 0.1) is 12.3 Å². The quantitative estimate of drug-likeness (QED) is 0.937. The number of aromatic nitrogens is 2. The first-order chi connectivity index (χ1) is 9.08. The zero-order valence-corrected chi connectivity index (χ0v) is 11.1. The van der Waals surface area contributed by atoms with Gasteiger partial charge in [-0.3, -0.25) is 0 Å². The summed E-state index contributed by atoms with van der Waals surface area (Å²) in [4.78, 5) is 0. The third kappa shape index (κ3) is 2.62. The monoisotopic (exact) mass is 286 g/mol. The molecule has 2 aromatic rings. The minimum absolute atomic E-state index is 0.0588. The highest BCUT2D eigenvalue weighted by molar-refractivity contribution is 6.30. The van der Waals surface area contributed by atoms with Crippen LogP contribution in [0.25, 0.3) is 5.69 Å². The molecule has 102 valence electrons. The van der Waals surface area contributed by atoms with E-state index in [1.165, 1.54) is 10.7 Å². The Labute approximate surface area is 114 Å². The molecule has 2 rings (SSSR count). The lowest BCUT2D eigenvalue weighted by Crippen LogP contribution is -2.01. The minimum Gasteiger partial charge on any atom is -0.391 e. The Morgan fingerprint density at radius 3 is 2.68 bits per heavy atom. The normalized spacial score (nSPS) is 11.0. The number of hydrogen-bond donors (Lipinski definition) is 1. The van der Waals surface area contributed by atoms with E-state index in [1.807, 2.05) is 6.92 Å². The highest BCUT2D eigenvalue weighted by Crippen LogP contribution is 2.26. The molecule has 6 heteroatoms. The minimum atomic E-state index is -0.753. The van der Waals surface area contributed by atoms with Gasteiger partial charge in [-0.2, -0.15) is 5.10 Å². The van der Waals surface area contributed by atoms with Crippen LogP contribution in [-0.2, 0) is 13.0 Å². The van der Waals surface area contributed by atoms with Crippen molar-refractivity contribution in [1.29, 1.82) is 0 Å². The van der Waals surface area contributed by atoms with Gasteiger partial charge in [-0.25, -0.2) is 13.5 Å². The predicted octanol–water partition coefficient (Wildman–Crippen LogP) is 3.25. The van der Waals surface area contributed by atoms with E-state index in [9.17, 15) is 13.9 Å². The van der Waals surface area contributed by atoms with Crippen LogP contribution >= 0.6 is 11.6 Å². The Balaban J connectivity index is 2.56. The number of hydrogen-bond acceptors (Lipinski definition) is 2. The maximum atomic E-state index is 13.7. The molecular formula is C13H13ClF2N2O. The molecule has 0 fully saturated rings. The SMILES string of the molecule is CCCc1nn(-c2ccc(F)cc2F)c(Cl)c1CO. The van der Waals surface area contributed by atoms with E-state index >= 15 is 0 Å². The fourth-order valence-electron chi connectivity index (χ4n) is 1.88. The van der Waals surface area contributed by atoms with Gasteiger partial charge in [-0.15, -0.1) is 0 Å². The second-order valence-corrected chi connectivity index (χ2v) is 4.49. The zero-order chi connectivity index (χ0) is 14.0. The summed E-state index contributed by atoms with van der Waals surface area (Å²) in [5.74, 6) is -1.42. The first kappa shape index (κ1) is 14.0. The Hall–Kier alpha value is -1.46. The Kier molecular flexibility index (Phi) is 4.17. The van der Waals surface area contributed by atoms with Crippen LogP contribution in [0.2, 0.25) is 5.15 Å². The zero-order valence-electron chi connectivity index (χ0n) is 10.3. The fraction of sp³-hybridized carbons (Fsp3) is 0.308. The van der Waals surface area contributed by atoms with Crippen molar-refractivity contribution in [2.24, 2.45) is 0 Å². The fourth-order valence-corrected chi connectivity index (χ4v) is 2.18. The highest BCUT2D eigenvalue weighted by Gasteiger charge is 2.18. The molecule has 0 bridgehead atoms. The van der Waals surface area contributed by atoms with E-state index in [1.54, 1.807) is 0 Å². The summed E-state index contributed by atoms with van der Waals surface area (Å²) in [6.45, 7) is 1.70. The van der Waals surface area contributed by atoms with E-state index in [2.05, 4.69) is 5.10 Å². The smallest absolute Gasteiger partial charge is 0.151 e. The molecule has 1 aromatic heterocycles. The van der Waals surface area contributed by atoms with Gasteiger partial charge in [-0.05, 0) is 18.6 Å². The molecular weight excluding hydrogens is 274 g/mol. The summed E-state index contributed by atoms with van der Waals surface area (Å²) in [6, 6.07) is 3.17. The molecule has 0 aliphatic heterocycles.